The molecule has 1 fully saturated rings. The first-order chi connectivity index (χ1) is 9.19. The van der Waals surface area contributed by atoms with Crippen LogP contribution in [0.25, 0.3) is 0 Å². The molecule has 19 heavy (non-hydrogen) atoms. The molecule has 3 heteroatoms. The molecule has 0 aliphatic carbocycles. The van der Waals surface area contributed by atoms with Gasteiger partial charge in [0.2, 0.25) is 0 Å². The number of benzene rings is 1. The van der Waals surface area contributed by atoms with Gasteiger partial charge in [-0.05, 0) is 24.3 Å². The van der Waals surface area contributed by atoms with Crippen molar-refractivity contribution in [3.05, 3.63) is 48.0 Å². The maximum absolute atomic E-state index is 11.5. The molecular formula is C16H22N2O. The predicted octanol–water partition coefficient (Wildman–Crippen LogP) is 1.73. The first-order valence-corrected chi connectivity index (χ1v) is 6.82. The van der Waals surface area contributed by atoms with Crippen molar-refractivity contribution < 1.29 is 4.79 Å². The van der Waals surface area contributed by atoms with Gasteiger partial charge in [-0.2, -0.15) is 0 Å². The van der Waals surface area contributed by atoms with Gasteiger partial charge in [-0.1, -0.05) is 30.8 Å². The third kappa shape index (κ3) is 4.01. The van der Waals surface area contributed by atoms with Crippen LogP contribution < -0.4 is 0 Å². The number of nitrogens with zero attached hydrogens (tertiary/aromatic N) is 2. The zero-order valence-electron chi connectivity index (χ0n) is 11.6. The molecule has 0 unspecified atom stereocenters. The molecule has 0 saturated carbocycles. The first-order valence-electron chi connectivity index (χ1n) is 6.82. The van der Waals surface area contributed by atoms with Gasteiger partial charge in [-0.25, -0.2) is 0 Å². The van der Waals surface area contributed by atoms with Gasteiger partial charge in [0.05, 0.1) is 0 Å². The molecule has 102 valence electrons. The lowest BCUT2D eigenvalue weighted by Gasteiger charge is -2.32. The molecule has 1 saturated heterocycles. The SMILES string of the molecule is C=CC(=O)Cc1ccccc1CN1CCN(C)CC1. The summed E-state index contributed by atoms with van der Waals surface area (Å²) in [6.45, 7) is 8.92. The molecule has 0 amide bonds. The third-order valence-corrected chi connectivity index (χ3v) is 3.70. The normalized spacial score (nSPS) is 17.3. The van der Waals surface area contributed by atoms with E-state index in [1.807, 2.05) is 18.2 Å². The van der Waals surface area contributed by atoms with E-state index in [9.17, 15) is 4.79 Å². The highest BCUT2D eigenvalue weighted by Gasteiger charge is 2.15. The zero-order valence-corrected chi connectivity index (χ0v) is 11.6. The number of carbonyl (C=O) groups is 1. The monoisotopic (exact) mass is 258 g/mol. The fraction of sp³-hybridized carbons (Fsp3) is 0.438. The Morgan fingerprint density at radius 2 is 1.84 bits per heavy atom. The van der Waals surface area contributed by atoms with E-state index < -0.39 is 0 Å². The van der Waals surface area contributed by atoms with Crippen molar-refractivity contribution in [3.8, 4) is 0 Å². The molecule has 1 aliphatic rings. The Morgan fingerprint density at radius 3 is 2.47 bits per heavy atom. The molecule has 0 aromatic heterocycles. The minimum atomic E-state index is 0.0887. The molecule has 2 rings (SSSR count). The van der Waals surface area contributed by atoms with Gasteiger partial charge in [0, 0.05) is 39.1 Å². The van der Waals surface area contributed by atoms with Crippen LogP contribution in [0.3, 0.4) is 0 Å². The average molecular weight is 258 g/mol. The van der Waals surface area contributed by atoms with Crippen LogP contribution in [0.2, 0.25) is 0 Å². The minimum absolute atomic E-state index is 0.0887. The van der Waals surface area contributed by atoms with Gasteiger partial charge >= 0.3 is 0 Å². The number of likely N-dealkylation sites (N-methyl/N-ethyl adjacent to an activating group) is 1. The summed E-state index contributed by atoms with van der Waals surface area (Å²) in [6, 6.07) is 8.23. The molecule has 1 aromatic carbocycles. The van der Waals surface area contributed by atoms with Crippen LogP contribution >= 0.6 is 0 Å². The lowest BCUT2D eigenvalue weighted by atomic mass is 10.0. The Bertz CT molecular complexity index is 448. The van der Waals surface area contributed by atoms with E-state index >= 15 is 0 Å². The van der Waals surface area contributed by atoms with Crippen molar-refractivity contribution in [3.63, 3.8) is 0 Å². The van der Waals surface area contributed by atoms with Crippen molar-refractivity contribution in [1.82, 2.24) is 9.80 Å². The fourth-order valence-electron chi connectivity index (χ4n) is 2.39. The van der Waals surface area contributed by atoms with Crippen LogP contribution in [0.5, 0.6) is 0 Å². The van der Waals surface area contributed by atoms with E-state index in [1.54, 1.807) is 0 Å². The second kappa shape index (κ2) is 6.64. The van der Waals surface area contributed by atoms with E-state index in [-0.39, 0.29) is 5.78 Å². The Morgan fingerprint density at radius 1 is 1.21 bits per heavy atom. The smallest absolute Gasteiger partial charge is 0.159 e. The van der Waals surface area contributed by atoms with Crippen LogP contribution in [-0.2, 0) is 17.8 Å². The van der Waals surface area contributed by atoms with Crippen LogP contribution in [0.15, 0.2) is 36.9 Å². The van der Waals surface area contributed by atoms with E-state index in [0.717, 1.165) is 38.3 Å². The number of ketones is 1. The number of rotatable bonds is 5. The van der Waals surface area contributed by atoms with Crippen LogP contribution in [0, 0.1) is 0 Å². The third-order valence-electron chi connectivity index (χ3n) is 3.70. The second-order valence-electron chi connectivity index (χ2n) is 5.20. The van der Waals surface area contributed by atoms with Gasteiger partial charge in [-0.15, -0.1) is 0 Å². The zero-order chi connectivity index (χ0) is 13.7. The Kier molecular flexibility index (Phi) is 4.88. The number of piperazine rings is 1. The van der Waals surface area contributed by atoms with E-state index in [4.69, 9.17) is 0 Å². The van der Waals surface area contributed by atoms with Gasteiger partial charge in [0.15, 0.2) is 5.78 Å². The van der Waals surface area contributed by atoms with Crippen molar-refractivity contribution in [2.24, 2.45) is 0 Å². The lowest BCUT2D eigenvalue weighted by Crippen LogP contribution is -2.44. The number of hydrogen-bond acceptors (Lipinski definition) is 3. The summed E-state index contributed by atoms with van der Waals surface area (Å²) in [4.78, 5) is 16.3. The average Bonchev–Trinajstić information content (AvgIpc) is 2.43. The van der Waals surface area contributed by atoms with Gasteiger partial charge in [0.1, 0.15) is 0 Å². The lowest BCUT2D eigenvalue weighted by molar-refractivity contribution is -0.114. The summed E-state index contributed by atoms with van der Waals surface area (Å²) < 4.78 is 0. The predicted molar refractivity (Wildman–Crippen MR) is 78.1 cm³/mol. The molecule has 3 nitrogen and oxygen atoms in total. The van der Waals surface area contributed by atoms with Crippen LogP contribution in [-0.4, -0.2) is 48.8 Å². The molecule has 0 bridgehead atoms. The molecule has 1 aliphatic heterocycles. The van der Waals surface area contributed by atoms with E-state index in [1.165, 1.54) is 11.6 Å². The molecule has 0 N–H and O–H groups in total. The van der Waals surface area contributed by atoms with E-state index in [0.29, 0.717) is 6.42 Å². The standard InChI is InChI=1S/C16H22N2O/c1-3-16(19)12-14-6-4-5-7-15(14)13-18-10-8-17(2)9-11-18/h3-7H,1,8-13H2,2H3. The highest BCUT2D eigenvalue weighted by Crippen LogP contribution is 2.14. The first kappa shape index (κ1) is 14.0. The molecule has 1 heterocycles. The van der Waals surface area contributed by atoms with Crippen LogP contribution in [0.1, 0.15) is 11.1 Å². The second-order valence-corrected chi connectivity index (χ2v) is 5.20. The number of allylic oxidation sites excluding steroid dienone is 1. The maximum atomic E-state index is 11.5. The topological polar surface area (TPSA) is 23.6 Å². The maximum Gasteiger partial charge on any atom is 0.159 e. The summed E-state index contributed by atoms with van der Waals surface area (Å²) in [5, 5.41) is 0. The van der Waals surface area contributed by atoms with Gasteiger partial charge in [-0.3, -0.25) is 9.69 Å². The summed E-state index contributed by atoms with van der Waals surface area (Å²) in [7, 11) is 2.16. The largest absolute Gasteiger partial charge is 0.304 e. The van der Waals surface area contributed by atoms with Gasteiger partial charge in [0.25, 0.3) is 0 Å². The van der Waals surface area contributed by atoms with Crippen molar-refractivity contribution in [2.75, 3.05) is 33.2 Å². The summed E-state index contributed by atoms with van der Waals surface area (Å²) in [5.74, 6) is 0.0887. The highest BCUT2D eigenvalue weighted by molar-refractivity contribution is 5.91. The molecule has 0 atom stereocenters. The van der Waals surface area contributed by atoms with Crippen molar-refractivity contribution in [1.29, 1.82) is 0 Å². The quantitative estimate of drug-likeness (QED) is 0.752. The van der Waals surface area contributed by atoms with Gasteiger partial charge < -0.3 is 4.90 Å². The number of hydrogen-bond donors (Lipinski definition) is 0. The van der Waals surface area contributed by atoms with E-state index in [2.05, 4.69) is 29.5 Å². The molecule has 0 spiro atoms. The molecule has 1 aromatic rings. The highest BCUT2D eigenvalue weighted by atomic mass is 16.1. The molecule has 0 radical (unpaired) electrons. The summed E-state index contributed by atoms with van der Waals surface area (Å²) in [5.41, 5.74) is 2.40. The van der Waals surface area contributed by atoms with Crippen LogP contribution in [0.4, 0.5) is 0 Å². The summed E-state index contributed by atoms with van der Waals surface area (Å²) >= 11 is 0. The summed E-state index contributed by atoms with van der Waals surface area (Å²) in [6.07, 6.45) is 1.88. The molecular weight excluding hydrogens is 236 g/mol. The Balaban J connectivity index is 2.03. The van der Waals surface area contributed by atoms with Crippen molar-refractivity contribution >= 4 is 5.78 Å². The Labute approximate surface area is 115 Å². The number of carbonyl (C=O) groups excluding carboxylic acids is 1. The Hall–Kier alpha value is -1.45. The van der Waals surface area contributed by atoms with Crippen molar-refractivity contribution in [2.45, 2.75) is 13.0 Å². The minimum Gasteiger partial charge on any atom is -0.304 e. The fourth-order valence-corrected chi connectivity index (χ4v) is 2.39.